The third-order valence-corrected chi connectivity index (χ3v) is 2.44. The second kappa shape index (κ2) is 7.16. The smallest absolute Gasteiger partial charge is 0.122 e. The molecule has 17 heavy (non-hydrogen) atoms. The van der Waals surface area contributed by atoms with E-state index >= 15 is 0 Å². The molecule has 0 spiro atoms. The Morgan fingerprint density at radius 3 is 2.76 bits per heavy atom. The number of anilines is 1. The third kappa shape index (κ3) is 4.64. The first-order chi connectivity index (χ1) is 8.17. The van der Waals surface area contributed by atoms with Crippen LogP contribution in [0.2, 0.25) is 0 Å². The molecule has 0 fully saturated rings. The lowest BCUT2D eigenvalue weighted by molar-refractivity contribution is 0.0365. The van der Waals surface area contributed by atoms with Crippen LogP contribution in [0.25, 0.3) is 0 Å². The van der Waals surface area contributed by atoms with Gasteiger partial charge in [0.05, 0.1) is 30.3 Å². The summed E-state index contributed by atoms with van der Waals surface area (Å²) >= 11 is 4.82. The Morgan fingerprint density at radius 2 is 2.29 bits per heavy atom. The zero-order valence-corrected chi connectivity index (χ0v) is 10.8. The molecular formula is C11H17N3O2S. The van der Waals surface area contributed by atoms with E-state index in [1.807, 2.05) is 6.07 Å². The van der Waals surface area contributed by atoms with Gasteiger partial charge in [0, 0.05) is 20.8 Å². The maximum atomic E-state index is 5.46. The first kappa shape index (κ1) is 13.8. The van der Waals surface area contributed by atoms with Gasteiger partial charge in [-0.05, 0) is 12.1 Å². The van der Waals surface area contributed by atoms with Crippen LogP contribution in [-0.4, -0.2) is 43.4 Å². The molecule has 1 atom stereocenters. The molecule has 0 radical (unpaired) electrons. The van der Waals surface area contributed by atoms with Crippen molar-refractivity contribution in [1.82, 2.24) is 4.98 Å². The Labute approximate surface area is 106 Å². The van der Waals surface area contributed by atoms with Crippen LogP contribution in [0.4, 0.5) is 5.69 Å². The molecule has 1 heterocycles. The zero-order valence-electron chi connectivity index (χ0n) is 9.97. The molecule has 0 aliphatic heterocycles. The highest BCUT2D eigenvalue weighted by molar-refractivity contribution is 7.80. The molecule has 5 nitrogen and oxygen atoms in total. The average Bonchev–Trinajstić information content (AvgIpc) is 2.35. The van der Waals surface area contributed by atoms with Crippen LogP contribution in [0.3, 0.4) is 0 Å². The minimum Gasteiger partial charge on any atom is -0.388 e. The van der Waals surface area contributed by atoms with Gasteiger partial charge >= 0.3 is 0 Å². The molecule has 1 aromatic heterocycles. The van der Waals surface area contributed by atoms with Crippen molar-refractivity contribution in [1.29, 1.82) is 0 Å². The minimum absolute atomic E-state index is 0.00950. The summed E-state index contributed by atoms with van der Waals surface area (Å²) in [6.45, 7) is 1.19. The second-order valence-electron chi connectivity index (χ2n) is 3.49. The average molecular weight is 255 g/mol. The summed E-state index contributed by atoms with van der Waals surface area (Å²) < 4.78 is 10.2. The van der Waals surface area contributed by atoms with Crippen LogP contribution >= 0.6 is 12.2 Å². The number of nitrogens with two attached hydrogens (primary N) is 1. The van der Waals surface area contributed by atoms with E-state index < -0.39 is 0 Å². The number of methoxy groups -OCH3 is 2. The van der Waals surface area contributed by atoms with Gasteiger partial charge in [0.25, 0.3) is 0 Å². The Bertz CT molecular complexity index is 356. The normalized spacial score (nSPS) is 12.1. The van der Waals surface area contributed by atoms with Crippen LogP contribution in [0.1, 0.15) is 5.69 Å². The summed E-state index contributed by atoms with van der Waals surface area (Å²) in [6, 6.07) is 3.66. The second-order valence-corrected chi connectivity index (χ2v) is 3.93. The van der Waals surface area contributed by atoms with E-state index in [9.17, 15) is 0 Å². The van der Waals surface area contributed by atoms with E-state index in [4.69, 9.17) is 27.4 Å². The summed E-state index contributed by atoms with van der Waals surface area (Å²) in [4.78, 5) is 4.42. The number of nitrogens with zero attached hydrogens (tertiary/aromatic N) is 1. The van der Waals surface area contributed by atoms with Crippen molar-refractivity contribution >= 4 is 22.9 Å². The van der Waals surface area contributed by atoms with E-state index in [2.05, 4.69) is 10.3 Å². The van der Waals surface area contributed by atoms with Crippen molar-refractivity contribution in [3.63, 3.8) is 0 Å². The van der Waals surface area contributed by atoms with E-state index in [0.29, 0.717) is 23.8 Å². The number of aromatic nitrogens is 1. The molecule has 0 aliphatic rings. The highest BCUT2D eigenvalue weighted by Crippen LogP contribution is 2.06. The lowest BCUT2D eigenvalue weighted by Crippen LogP contribution is -2.26. The van der Waals surface area contributed by atoms with Gasteiger partial charge in [-0.3, -0.25) is 4.98 Å². The molecule has 0 aliphatic carbocycles. The number of rotatable bonds is 7. The summed E-state index contributed by atoms with van der Waals surface area (Å²) in [5.74, 6) is 0. The maximum Gasteiger partial charge on any atom is 0.122 e. The summed E-state index contributed by atoms with van der Waals surface area (Å²) in [5.41, 5.74) is 6.97. The van der Waals surface area contributed by atoms with E-state index in [0.717, 1.165) is 5.69 Å². The Kier molecular flexibility index (Phi) is 5.82. The number of nitrogens with one attached hydrogen (secondary N) is 1. The first-order valence-electron chi connectivity index (χ1n) is 5.18. The molecule has 1 rings (SSSR count). The van der Waals surface area contributed by atoms with Gasteiger partial charge in [-0.2, -0.15) is 0 Å². The van der Waals surface area contributed by atoms with Gasteiger partial charge in [0.15, 0.2) is 0 Å². The van der Waals surface area contributed by atoms with Crippen LogP contribution < -0.4 is 11.1 Å². The highest BCUT2D eigenvalue weighted by Gasteiger charge is 2.06. The van der Waals surface area contributed by atoms with Crippen molar-refractivity contribution in [2.24, 2.45) is 5.73 Å². The largest absolute Gasteiger partial charge is 0.388 e. The van der Waals surface area contributed by atoms with Crippen molar-refractivity contribution in [3.05, 3.63) is 24.0 Å². The number of ether oxygens (including phenoxy) is 2. The lowest BCUT2D eigenvalue weighted by Gasteiger charge is -2.15. The van der Waals surface area contributed by atoms with E-state index in [-0.39, 0.29) is 6.10 Å². The topological polar surface area (TPSA) is 69.4 Å². The lowest BCUT2D eigenvalue weighted by atomic mass is 10.3. The number of hydrogen-bond donors (Lipinski definition) is 2. The molecule has 0 saturated heterocycles. The number of thiocarbonyl (C=S) groups is 1. The van der Waals surface area contributed by atoms with Crippen molar-refractivity contribution in [2.45, 2.75) is 6.10 Å². The molecule has 3 N–H and O–H groups in total. The highest BCUT2D eigenvalue weighted by atomic mass is 32.1. The Balaban J connectivity index is 2.48. The van der Waals surface area contributed by atoms with E-state index in [1.165, 1.54) is 0 Å². The summed E-state index contributed by atoms with van der Waals surface area (Å²) in [5, 5.41) is 3.20. The Hall–Kier alpha value is -1.24. The van der Waals surface area contributed by atoms with E-state index in [1.54, 1.807) is 26.5 Å². The summed E-state index contributed by atoms with van der Waals surface area (Å²) in [7, 11) is 3.30. The van der Waals surface area contributed by atoms with Gasteiger partial charge in [-0.1, -0.05) is 12.2 Å². The van der Waals surface area contributed by atoms with Crippen LogP contribution in [0.15, 0.2) is 18.3 Å². The van der Waals surface area contributed by atoms with Crippen LogP contribution in [0.5, 0.6) is 0 Å². The van der Waals surface area contributed by atoms with Crippen molar-refractivity contribution < 1.29 is 9.47 Å². The molecule has 0 bridgehead atoms. The number of pyridine rings is 1. The standard InChI is InChI=1S/C11H17N3O2S/c1-15-7-9(16-2)6-13-8-3-4-10(11(12)17)14-5-8/h3-5,9,13H,6-7H2,1-2H3,(H2,12,17). The maximum absolute atomic E-state index is 5.46. The molecule has 1 aromatic rings. The summed E-state index contributed by atoms with van der Waals surface area (Å²) in [6.07, 6.45) is 1.70. The fraction of sp³-hybridized carbons (Fsp3) is 0.455. The third-order valence-electron chi connectivity index (χ3n) is 2.24. The van der Waals surface area contributed by atoms with Gasteiger partial charge in [0.2, 0.25) is 0 Å². The SMILES string of the molecule is COCC(CNc1ccc(C(N)=S)nc1)OC. The van der Waals surface area contributed by atoms with Crippen molar-refractivity contribution in [2.75, 3.05) is 32.7 Å². The monoisotopic (exact) mass is 255 g/mol. The zero-order chi connectivity index (χ0) is 12.7. The van der Waals surface area contributed by atoms with Gasteiger partial charge in [-0.15, -0.1) is 0 Å². The molecule has 0 saturated carbocycles. The van der Waals surface area contributed by atoms with Crippen molar-refractivity contribution in [3.8, 4) is 0 Å². The van der Waals surface area contributed by atoms with Gasteiger partial charge in [-0.25, -0.2) is 0 Å². The quantitative estimate of drug-likeness (QED) is 0.702. The molecule has 6 heteroatoms. The first-order valence-corrected chi connectivity index (χ1v) is 5.59. The fourth-order valence-electron chi connectivity index (χ4n) is 1.27. The number of hydrogen-bond acceptors (Lipinski definition) is 5. The van der Waals surface area contributed by atoms with Crippen LogP contribution in [0, 0.1) is 0 Å². The van der Waals surface area contributed by atoms with Gasteiger partial charge < -0.3 is 20.5 Å². The molecule has 0 aromatic carbocycles. The molecule has 0 amide bonds. The minimum atomic E-state index is 0.00950. The van der Waals surface area contributed by atoms with Gasteiger partial charge in [0.1, 0.15) is 4.99 Å². The fourth-order valence-corrected chi connectivity index (χ4v) is 1.39. The van der Waals surface area contributed by atoms with Crippen LogP contribution in [-0.2, 0) is 9.47 Å². The Morgan fingerprint density at radius 1 is 1.53 bits per heavy atom. The molecular weight excluding hydrogens is 238 g/mol. The molecule has 1 unspecified atom stereocenters. The molecule has 94 valence electrons. The predicted octanol–water partition coefficient (Wildman–Crippen LogP) is 0.789. The predicted molar refractivity (Wildman–Crippen MR) is 71.3 cm³/mol.